The van der Waals surface area contributed by atoms with Crippen LogP contribution >= 0.6 is 11.3 Å². The molecule has 32 heavy (non-hydrogen) atoms. The van der Waals surface area contributed by atoms with Crippen LogP contribution in [0, 0.1) is 17.1 Å². The van der Waals surface area contributed by atoms with Gasteiger partial charge in [0.15, 0.2) is 0 Å². The van der Waals surface area contributed by atoms with Crippen LogP contribution < -0.4 is 10.6 Å². The summed E-state index contributed by atoms with van der Waals surface area (Å²) in [7, 11) is 0. The van der Waals surface area contributed by atoms with Crippen molar-refractivity contribution in [3.63, 3.8) is 0 Å². The molecule has 2 heterocycles. The van der Waals surface area contributed by atoms with Crippen LogP contribution in [-0.2, 0) is 20.7 Å². The van der Waals surface area contributed by atoms with Gasteiger partial charge in [0.1, 0.15) is 17.6 Å². The molecule has 1 aliphatic rings. The highest BCUT2D eigenvalue weighted by atomic mass is 32.1. The Hall–Kier alpha value is -3.61. The third-order valence-electron chi connectivity index (χ3n) is 5.15. The van der Waals surface area contributed by atoms with Gasteiger partial charge < -0.3 is 15.4 Å². The summed E-state index contributed by atoms with van der Waals surface area (Å²) in [6.45, 7) is 0.569. The number of hydrogen-bond acceptors (Lipinski definition) is 7. The number of carbonyl (C=O) groups excluding carboxylic acids is 2. The number of ether oxygens (including phenoxy) is 1. The number of primary amides is 1. The van der Waals surface area contributed by atoms with Gasteiger partial charge in [0.2, 0.25) is 5.78 Å². The van der Waals surface area contributed by atoms with E-state index in [1.54, 1.807) is 17.0 Å². The molecule has 162 valence electrons. The van der Waals surface area contributed by atoms with Crippen LogP contribution in [0.2, 0.25) is 0 Å². The number of ketones is 1. The fraction of sp³-hybridized carbons (Fsp3) is 0.217. The highest BCUT2D eigenvalue weighted by Gasteiger charge is 2.27. The van der Waals surface area contributed by atoms with Crippen molar-refractivity contribution in [3.8, 4) is 27.8 Å². The van der Waals surface area contributed by atoms with Gasteiger partial charge >= 0.3 is 0 Å². The summed E-state index contributed by atoms with van der Waals surface area (Å²) in [5.41, 5.74) is 8.46. The molecule has 7 nitrogen and oxygen atoms in total. The maximum Gasteiger partial charge on any atom is 0.284 e. The van der Waals surface area contributed by atoms with Crippen molar-refractivity contribution in [3.05, 3.63) is 59.4 Å². The lowest BCUT2D eigenvalue weighted by atomic mass is 10.0. The summed E-state index contributed by atoms with van der Waals surface area (Å²) in [5, 5.41) is 11.5. The van der Waals surface area contributed by atoms with E-state index in [2.05, 4.69) is 11.1 Å². The Morgan fingerprint density at radius 2 is 2.00 bits per heavy atom. The molecule has 0 unspecified atom stereocenters. The summed E-state index contributed by atoms with van der Waals surface area (Å²) in [6.07, 6.45) is -0.267. The fourth-order valence-corrected chi connectivity index (χ4v) is 4.31. The molecule has 2 aromatic carbocycles. The normalized spacial score (nSPS) is 15.5. The van der Waals surface area contributed by atoms with Gasteiger partial charge in [-0.2, -0.15) is 5.26 Å². The molecular weight excluding hydrogens is 431 g/mol. The van der Waals surface area contributed by atoms with Gasteiger partial charge in [-0.25, -0.2) is 9.37 Å². The monoisotopic (exact) mass is 450 g/mol. The van der Waals surface area contributed by atoms with Gasteiger partial charge in [-0.3, -0.25) is 9.59 Å². The van der Waals surface area contributed by atoms with Gasteiger partial charge in [0.05, 0.1) is 24.3 Å². The molecule has 1 aliphatic heterocycles. The minimum absolute atomic E-state index is 0.0874. The van der Waals surface area contributed by atoms with Crippen LogP contribution in [-0.4, -0.2) is 36.1 Å². The molecule has 1 saturated heterocycles. The lowest BCUT2D eigenvalue weighted by Gasteiger charge is -2.17. The number of aromatic nitrogens is 1. The summed E-state index contributed by atoms with van der Waals surface area (Å²) in [6, 6.07) is 14.4. The first kappa shape index (κ1) is 21.6. The number of hydrogen-bond donors (Lipinski definition) is 1. The van der Waals surface area contributed by atoms with Crippen LogP contribution in [0.4, 0.5) is 10.1 Å². The second kappa shape index (κ2) is 9.26. The minimum Gasteiger partial charge on any atom is -0.363 e. The van der Waals surface area contributed by atoms with Gasteiger partial charge in [0.25, 0.3) is 5.91 Å². The molecule has 0 bridgehead atoms. The van der Waals surface area contributed by atoms with Crippen molar-refractivity contribution >= 4 is 28.7 Å². The predicted octanol–water partition coefficient (Wildman–Crippen LogP) is 3.29. The summed E-state index contributed by atoms with van der Waals surface area (Å²) in [4.78, 5) is 28.7. The Labute approximate surface area is 187 Å². The van der Waals surface area contributed by atoms with E-state index in [9.17, 15) is 14.0 Å². The van der Waals surface area contributed by atoms with Crippen LogP contribution in [0.25, 0.3) is 21.7 Å². The number of rotatable bonds is 7. The average Bonchev–Trinajstić information content (AvgIpc) is 3.44. The van der Waals surface area contributed by atoms with E-state index in [0.717, 1.165) is 21.8 Å². The zero-order valence-electron chi connectivity index (χ0n) is 17.0. The maximum absolute atomic E-state index is 14.9. The average molecular weight is 450 g/mol. The quantitative estimate of drug-likeness (QED) is 0.553. The Kier molecular flexibility index (Phi) is 6.25. The molecule has 0 spiro atoms. The Morgan fingerprint density at radius 3 is 2.69 bits per heavy atom. The number of halogens is 1. The number of nitrogens with two attached hydrogens (primary N) is 1. The van der Waals surface area contributed by atoms with Crippen molar-refractivity contribution in [1.29, 1.82) is 5.26 Å². The second-order valence-electron chi connectivity index (χ2n) is 7.35. The van der Waals surface area contributed by atoms with E-state index in [-0.39, 0.29) is 25.4 Å². The zero-order chi connectivity index (χ0) is 22.7. The number of benzene rings is 2. The first-order valence-corrected chi connectivity index (χ1v) is 10.7. The van der Waals surface area contributed by atoms with Gasteiger partial charge in [0, 0.05) is 35.2 Å². The van der Waals surface area contributed by atoms with Crippen LogP contribution in [0.15, 0.2) is 47.8 Å². The van der Waals surface area contributed by atoms with E-state index >= 15 is 0 Å². The molecule has 2 N–H and O–H groups in total. The SMILES string of the molecule is N#CCc1csc(-c2ccc(-c3ccc(N4CO[C@@H](CC(=O)C(N)=O)C4)cc3F)cc2)n1. The summed E-state index contributed by atoms with van der Waals surface area (Å²) < 4.78 is 20.4. The number of nitriles is 1. The number of anilines is 1. The van der Waals surface area contributed by atoms with Gasteiger partial charge in [-0.05, 0) is 23.8 Å². The van der Waals surface area contributed by atoms with Crippen LogP contribution in [0.1, 0.15) is 12.1 Å². The molecule has 4 rings (SSSR count). The largest absolute Gasteiger partial charge is 0.363 e. The van der Waals surface area contributed by atoms with Crippen molar-refractivity contribution in [2.75, 3.05) is 18.2 Å². The van der Waals surface area contributed by atoms with Crippen LogP contribution in [0.3, 0.4) is 0 Å². The first-order valence-electron chi connectivity index (χ1n) is 9.85. The Bertz CT molecular complexity index is 1200. The molecular formula is C23H19FN4O3S. The topological polar surface area (TPSA) is 109 Å². The van der Waals surface area contributed by atoms with Crippen LogP contribution in [0.5, 0.6) is 0 Å². The van der Waals surface area contributed by atoms with Crippen molar-refractivity contribution in [2.24, 2.45) is 5.73 Å². The van der Waals surface area contributed by atoms with Crippen molar-refractivity contribution < 1.29 is 18.7 Å². The maximum atomic E-state index is 14.9. The molecule has 0 aliphatic carbocycles. The first-order chi connectivity index (χ1) is 15.4. The molecule has 1 amide bonds. The van der Waals surface area contributed by atoms with E-state index < -0.39 is 17.8 Å². The molecule has 1 aromatic heterocycles. The van der Waals surface area contributed by atoms with E-state index in [1.165, 1.54) is 17.4 Å². The van der Waals surface area contributed by atoms with E-state index in [1.807, 2.05) is 29.6 Å². The molecule has 0 radical (unpaired) electrons. The molecule has 3 aromatic rings. The van der Waals surface area contributed by atoms with Gasteiger partial charge in [-0.1, -0.05) is 24.3 Å². The second-order valence-corrected chi connectivity index (χ2v) is 8.21. The number of amides is 1. The summed E-state index contributed by atoms with van der Waals surface area (Å²) in [5.74, 6) is -2.04. The lowest BCUT2D eigenvalue weighted by Crippen LogP contribution is -2.29. The smallest absolute Gasteiger partial charge is 0.284 e. The van der Waals surface area contributed by atoms with E-state index in [4.69, 9.17) is 15.7 Å². The summed E-state index contributed by atoms with van der Waals surface area (Å²) >= 11 is 1.47. The predicted molar refractivity (Wildman–Crippen MR) is 118 cm³/mol. The van der Waals surface area contributed by atoms with Crippen molar-refractivity contribution in [1.82, 2.24) is 4.98 Å². The lowest BCUT2D eigenvalue weighted by molar-refractivity contribution is -0.137. The van der Waals surface area contributed by atoms with Crippen molar-refractivity contribution in [2.45, 2.75) is 18.9 Å². The molecule has 1 atom stereocenters. The number of thiazole rings is 1. The standard InChI is InChI=1S/C23H19FN4O3S/c24-20-9-17(28-11-18(31-13-28)10-21(29)22(26)30)5-6-19(20)14-1-3-15(4-2-14)23-27-16(7-8-25)12-32-23/h1-6,9,12,18H,7,10-11,13H2,(H2,26,30)/t18-/m0/s1. The van der Waals surface area contributed by atoms with Gasteiger partial charge in [-0.15, -0.1) is 11.3 Å². The molecule has 0 saturated carbocycles. The Morgan fingerprint density at radius 1 is 1.25 bits per heavy atom. The molecule has 9 heteroatoms. The number of Topliss-reactive ketones (excluding diaryl/α,β-unsaturated/α-hetero) is 1. The fourth-order valence-electron chi connectivity index (χ4n) is 3.49. The molecule has 1 fully saturated rings. The highest BCUT2D eigenvalue weighted by molar-refractivity contribution is 7.13. The Balaban J connectivity index is 1.46. The number of nitrogens with zero attached hydrogens (tertiary/aromatic N) is 3. The highest BCUT2D eigenvalue weighted by Crippen LogP contribution is 2.31. The number of carbonyl (C=O) groups is 2. The third kappa shape index (κ3) is 4.66. The minimum atomic E-state index is -0.981. The zero-order valence-corrected chi connectivity index (χ0v) is 17.8. The third-order valence-corrected chi connectivity index (χ3v) is 6.09. The van der Waals surface area contributed by atoms with E-state index in [0.29, 0.717) is 17.8 Å².